The Morgan fingerprint density at radius 2 is 1.13 bits per heavy atom. The summed E-state index contributed by atoms with van der Waals surface area (Å²) in [6.07, 6.45) is 26.8. The number of aromatic nitrogens is 2. The summed E-state index contributed by atoms with van der Waals surface area (Å²) in [5.74, 6) is 1.39. The molecule has 1 heterocycles. The molecule has 31 heavy (non-hydrogen) atoms. The molecule has 0 saturated heterocycles. The highest BCUT2D eigenvalue weighted by Gasteiger charge is 2.18. The van der Waals surface area contributed by atoms with Gasteiger partial charge in [0.15, 0.2) is 0 Å². The molecule has 174 valence electrons. The van der Waals surface area contributed by atoms with Gasteiger partial charge in [-0.1, -0.05) is 109 Å². The van der Waals surface area contributed by atoms with E-state index in [1.54, 1.807) is 0 Å². The first-order chi connectivity index (χ1) is 15.4. The summed E-state index contributed by atoms with van der Waals surface area (Å²) < 4.78 is 4.97. The van der Waals surface area contributed by atoms with E-state index in [9.17, 15) is 0 Å². The number of unbranched alkanes of at least 4 members (excludes halogenated alkanes) is 14. The van der Waals surface area contributed by atoms with Crippen molar-refractivity contribution < 1.29 is 4.57 Å². The molecule has 2 heteroatoms. The molecular formula is C29H49N2+. The number of rotatable bonds is 19. The Balaban J connectivity index is 1.69. The first-order valence-electron chi connectivity index (χ1n) is 13.5. The maximum absolute atomic E-state index is 2.49. The van der Waals surface area contributed by atoms with E-state index in [2.05, 4.69) is 65.7 Å². The number of aryl methyl sites for hydroxylation is 2. The smallest absolute Gasteiger partial charge is 0.230 e. The Bertz CT molecular complexity index is 659. The van der Waals surface area contributed by atoms with Crippen LogP contribution in [0.3, 0.4) is 0 Å². The molecule has 0 unspecified atom stereocenters. The molecule has 1 aromatic carbocycles. The number of imidazole rings is 1. The quantitative estimate of drug-likeness (QED) is 0.157. The van der Waals surface area contributed by atoms with E-state index >= 15 is 0 Å². The van der Waals surface area contributed by atoms with Crippen LogP contribution in [-0.4, -0.2) is 4.57 Å². The maximum atomic E-state index is 2.49. The van der Waals surface area contributed by atoms with Crippen molar-refractivity contribution in [2.75, 3.05) is 0 Å². The minimum Gasteiger partial charge on any atom is -0.230 e. The molecular weight excluding hydrogens is 376 g/mol. The molecule has 1 aromatic heterocycles. The van der Waals surface area contributed by atoms with Crippen molar-refractivity contribution in [3.8, 4) is 11.4 Å². The van der Waals surface area contributed by atoms with Crippen LogP contribution < -0.4 is 4.57 Å². The molecule has 0 fully saturated rings. The van der Waals surface area contributed by atoms with Gasteiger partial charge < -0.3 is 0 Å². The topological polar surface area (TPSA) is 8.81 Å². The minimum atomic E-state index is 1.13. The normalized spacial score (nSPS) is 11.3. The van der Waals surface area contributed by atoms with Gasteiger partial charge in [-0.05, 0) is 37.8 Å². The zero-order valence-corrected chi connectivity index (χ0v) is 20.7. The number of hydrogen-bond donors (Lipinski definition) is 0. The highest BCUT2D eigenvalue weighted by Crippen LogP contribution is 2.18. The summed E-state index contributed by atoms with van der Waals surface area (Å²) in [5.41, 5.74) is 1.35. The lowest BCUT2D eigenvalue weighted by atomic mass is 10.1. The molecule has 2 rings (SSSR count). The van der Waals surface area contributed by atoms with Crippen molar-refractivity contribution in [3.05, 3.63) is 42.7 Å². The van der Waals surface area contributed by atoms with Crippen LogP contribution in [0.5, 0.6) is 0 Å². The van der Waals surface area contributed by atoms with E-state index in [0.717, 1.165) is 13.1 Å². The van der Waals surface area contributed by atoms with Crippen molar-refractivity contribution in [1.29, 1.82) is 0 Å². The SMILES string of the molecule is CCCCCCCCCCCCCC[n+]1ccn(CCCCCC)c1-c1ccccc1. The van der Waals surface area contributed by atoms with Crippen molar-refractivity contribution in [2.45, 2.75) is 130 Å². The summed E-state index contributed by atoms with van der Waals surface area (Å²) in [6.45, 7) is 6.86. The first-order valence-corrected chi connectivity index (χ1v) is 13.5. The van der Waals surface area contributed by atoms with Gasteiger partial charge in [-0.3, -0.25) is 0 Å². The number of benzene rings is 1. The average Bonchev–Trinajstić information content (AvgIpc) is 3.20. The minimum absolute atomic E-state index is 1.13. The molecule has 0 atom stereocenters. The summed E-state index contributed by atoms with van der Waals surface area (Å²) in [4.78, 5) is 0. The number of hydrogen-bond acceptors (Lipinski definition) is 0. The maximum Gasteiger partial charge on any atom is 0.288 e. The summed E-state index contributed by atoms with van der Waals surface area (Å²) in [7, 11) is 0. The zero-order chi connectivity index (χ0) is 22.0. The lowest BCUT2D eigenvalue weighted by Crippen LogP contribution is -2.34. The molecule has 0 radical (unpaired) electrons. The Morgan fingerprint density at radius 1 is 0.613 bits per heavy atom. The number of nitrogens with zero attached hydrogens (tertiary/aromatic N) is 2. The molecule has 0 bridgehead atoms. The highest BCUT2D eigenvalue weighted by atomic mass is 15.1. The van der Waals surface area contributed by atoms with Crippen molar-refractivity contribution >= 4 is 0 Å². The summed E-state index contributed by atoms with van der Waals surface area (Å²) in [5, 5.41) is 0. The second-order valence-electron chi connectivity index (χ2n) is 9.32. The van der Waals surface area contributed by atoms with Crippen LogP contribution in [0.15, 0.2) is 42.7 Å². The van der Waals surface area contributed by atoms with Crippen molar-refractivity contribution in [1.82, 2.24) is 4.57 Å². The second kappa shape index (κ2) is 17.0. The molecule has 0 saturated carbocycles. The average molecular weight is 426 g/mol. The molecule has 0 aliphatic rings. The summed E-state index contributed by atoms with van der Waals surface area (Å²) in [6, 6.07) is 11.0. The van der Waals surface area contributed by atoms with E-state index < -0.39 is 0 Å². The van der Waals surface area contributed by atoms with Gasteiger partial charge in [-0.25, -0.2) is 9.13 Å². The summed E-state index contributed by atoms with van der Waals surface area (Å²) >= 11 is 0. The molecule has 0 amide bonds. The van der Waals surface area contributed by atoms with E-state index in [0.29, 0.717) is 0 Å². The predicted molar refractivity (Wildman–Crippen MR) is 135 cm³/mol. The monoisotopic (exact) mass is 425 g/mol. The predicted octanol–water partition coefficient (Wildman–Crippen LogP) is 8.72. The van der Waals surface area contributed by atoms with E-state index in [1.165, 1.54) is 114 Å². The third-order valence-electron chi connectivity index (χ3n) is 6.51. The molecule has 0 aliphatic carbocycles. The fourth-order valence-electron chi connectivity index (χ4n) is 4.58. The third kappa shape index (κ3) is 10.5. The van der Waals surface area contributed by atoms with Gasteiger partial charge in [-0.2, -0.15) is 0 Å². The molecule has 2 nitrogen and oxygen atoms in total. The van der Waals surface area contributed by atoms with Crippen molar-refractivity contribution in [3.63, 3.8) is 0 Å². The Kier molecular flexibility index (Phi) is 14.1. The molecule has 0 N–H and O–H groups in total. The van der Waals surface area contributed by atoms with Gasteiger partial charge in [0, 0.05) is 0 Å². The van der Waals surface area contributed by atoms with Gasteiger partial charge in [0.2, 0.25) is 0 Å². The van der Waals surface area contributed by atoms with Crippen molar-refractivity contribution in [2.24, 2.45) is 0 Å². The van der Waals surface area contributed by atoms with Crippen LogP contribution >= 0.6 is 0 Å². The standard InChI is InChI=1S/C29H49N2/c1-3-5-7-9-10-11-12-13-14-15-16-21-25-31-27-26-30(24-20-8-6-4-2)29(31)28-22-18-17-19-23-28/h17-19,22-23,26-27H,3-16,20-21,24-25H2,1-2H3/q+1. The fourth-order valence-corrected chi connectivity index (χ4v) is 4.58. The molecule has 0 aliphatic heterocycles. The van der Waals surface area contributed by atoms with Gasteiger partial charge in [0.25, 0.3) is 5.82 Å². The Labute approximate surface area is 193 Å². The molecule has 0 spiro atoms. The zero-order valence-electron chi connectivity index (χ0n) is 20.7. The van der Waals surface area contributed by atoms with Gasteiger partial charge in [0.05, 0.1) is 18.7 Å². The van der Waals surface area contributed by atoms with Crippen LogP contribution in [0, 0.1) is 0 Å². The van der Waals surface area contributed by atoms with Crippen LogP contribution in [0.25, 0.3) is 11.4 Å². The highest BCUT2D eigenvalue weighted by molar-refractivity contribution is 5.52. The van der Waals surface area contributed by atoms with E-state index in [4.69, 9.17) is 0 Å². The lowest BCUT2D eigenvalue weighted by molar-refractivity contribution is -0.686. The Morgan fingerprint density at radius 3 is 1.71 bits per heavy atom. The lowest BCUT2D eigenvalue weighted by Gasteiger charge is -2.06. The second-order valence-corrected chi connectivity index (χ2v) is 9.32. The van der Waals surface area contributed by atoms with E-state index in [-0.39, 0.29) is 0 Å². The van der Waals surface area contributed by atoms with Gasteiger partial charge in [0.1, 0.15) is 12.4 Å². The van der Waals surface area contributed by atoms with Gasteiger partial charge in [-0.15, -0.1) is 0 Å². The van der Waals surface area contributed by atoms with Crippen LogP contribution in [0.1, 0.15) is 117 Å². The first kappa shape index (κ1) is 25.7. The van der Waals surface area contributed by atoms with Crippen LogP contribution in [-0.2, 0) is 13.1 Å². The van der Waals surface area contributed by atoms with E-state index in [1.807, 2.05) is 0 Å². The van der Waals surface area contributed by atoms with Crippen LogP contribution in [0.4, 0.5) is 0 Å². The van der Waals surface area contributed by atoms with Crippen LogP contribution in [0.2, 0.25) is 0 Å². The fraction of sp³-hybridized carbons (Fsp3) is 0.690. The molecule has 2 aromatic rings. The largest absolute Gasteiger partial charge is 0.288 e. The van der Waals surface area contributed by atoms with Gasteiger partial charge >= 0.3 is 0 Å². The Hall–Kier alpha value is -1.57. The third-order valence-corrected chi connectivity index (χ3v) is 6.51.